The van der Waals surface area contributed by atoms with Crippen molar-refractivity contribution in [2.24, 2.45) is 0 Å². The average molecular weight is 495 g/mol. The van der Waals surface area contributed by atoms with Crippen LogP contribution in [-0.2, 0) is 12.0 Å². The molecule has 0 saturated carbocycles. The van der Waals surface area contributed by atoms with Gasteiger partial charge >= 0.3 is 6.36 Å². The highest BCUT2D eigenvalue weighted by atomic mass is 19.4. The van der Waals surface area contributed by atoms with Crippen molar-refractivity contribution in [2.45, 2.75) is 32.2 Å². The summed E-state index contributed by atoms with van der Waals surface area (Å²) in [6.45, 7) is 4.45. The first-order valence-electron chi connectivity index (χ1n) is 11.1. The van der Waals surface area contributed by atoms with Gasteiger partial charge in [-0.2, -0.15) is 0 Å². The van der Waals surface area contributed by atoms with Gasteiger partial charge in [-0.15, -0.1) is 13.2 Å². The molecule has 5 nitrogen and oxygen atoms in total. The predicted octanol–water partition coefficient (Wildman–Crippen LogP) is 7.34. The van der Waals surface area contributed by atoms with Crippen molar-refractivity contribution < 1.29 is 31.9 Å². The van der Waals surface area contributed by atoms with Gasteiger partial charge in [0.15, 0.2) is 5.76 Å². The lowest BCUT2D eigenvalue weighted by Gasteiger charge is -2.26. The first-order chi connectivity index (χ1) is 17.1. The number of halogens is 3. The van der Waals surface area contributed by atoms with Crippen LogP contribution in [0, 0.1) is 0 Å². The van der Waals surface area contributed by atoms with Crippen LogP contribution in [0.15, 0.2) is 95.4 Å². The molecule has 1 aromatic heterocycles. The highest BCUT2D eigenvalue weighted by molar-refractivity contribution is 6.02. The van der Waals surface area contributed by atoms with Crippen LogP contribution in [0.1, 0.15) is 41.3 Å². The van der Waals surface area contributed by atoms with Gasteiger partial charge < -0.3 is 19.2 Å². The Morgan fingerprint density at radius 1 is 0.806 bits per heavy atom. The lowest BCUT2D eigenvalue weighted by molar-refractivity contribution is -0.274. The number of rotatable bonds is 8. The molecule has 36 heavy (non-hydrogen) atoms. The molecule has 4 aromatic rings. The van der Waals surface area contributed by atoms with Gasteiger partial charge in [0.25, 0.3) is 5.91 Å². The van der Waals surface area contributed by atoms with E-state index in [2.05, 4.69) is 36.0 Å². The Morgan fingerprint density at radius 3 is 2.06 bits per heavy atom. The van der Waals surface area contributed by atoms with Crippen molar-refractivity contribution in [1.29, 1.82) is 0 Å². The van der Waals surface area contributed by atoms with E-state index in [0.29, 0.717) is 17.2 Å². The standard InChI is InChI=1S/C28H24F3NO4/c1-27(2,19-6-4-3-5-7-19)20-8-12-22(13-9-20)34-18-24-16-17-25(35-24)26(33)32-21-10-14-23(15-11-21)36-28(29,30)31/h3-17H,18H2,1-2H3,(H,32,33). The van der Waals surface area contributed by atoms with Gasteiger partial charge in [0.1, 0.15) is 23.9 Å². The van der Waals surface area contributed by atoms with E-state index in [1.165, 1.54) is 23.8 Å². The zero-order chi connectivity index (χ0) is 25.8. The SMILES string of the molecule is CC(C)(c1ccccc1)c1ccc(OCc2ccc(C(=O)Nc3ccc(OC(F)(F)F)cc3)o2)cc1. The fourth-order valence-corrected chi connectivity index (χ4v) is 3.65. The van der Waals surface area contributed by atoms with Gasteiger partial charge in [-0.1, -0.05) is 56.3 Å². The van der Waals surface area contributed by atoms with Crippen LogP contribution >= 0.6 is 0 Å². The second kappa shape index (κ2) is 10.2. The maximum Gasteiger partial charge on any atom is 0.573 e. The number of carbonyl (C=O) groups is 1. The molecule has 0 bridgehead atoms. The van der Waals surface area contributed by atoms with E-state index >= 15 is 0 Å². The number of hydrogen-bond acceptors (Lipinski definition) is 4. The zero-order valence-corrected chi connectivity index (χ0v) is 19.6. The third-order valence-electron chi connectivity index (χ3n) is 5.68. The molecule has 0 radical (unpaired) electrons. The molecular formula is C28H24F3NO4. The molecule has 0 saturated heterocycles. The number of benzene rings is 3. The topological polar surface area (TPSA) is 60.7 Å². The van der Waals surface area contributed by atoms with E-state index in [0.717, 1.165) is 17.7 Å². The van der Waals surface area contributed by atoms with Crippen molar-refractivity contribution in [3.05, 3.63) is 114 Å². The molecule has 0 aliphatic heterocycles. The molecule has 0 fully saturated rings. The minimum absolute atomic E-state index is 0.0455. The number of ether oxygens (including phenoxy) is 2. The van der Waals surface area contributed by atoms with Crippen molar-refractivity contribution in [2.75, 3.05) is 5.32 Å². The highest BCUT2D eigenvalue weighted by Gasteiger charge is 2.31. The summed E-state index contributed by atoms with van der Waals surface area (Å²) in [7, 11) is 0. The summed E-state index contributed by atoms with van der Waals surface area (Å²) in [6.07, 6.45) is -4.78. The number of nitrogens with one attached hydrogen (secondary N) is 1. The molecule has 8 heteroatoms. The zero-order valence-electron chi connectivity index (χ0n) is 19.6. The number of carbonyl (C=O) groups excluding carboxylic acids is 1. The molecular weight excluding hydrogens is 471 g/mol. The van der Waals surface area contributed by atoms with Crippen LogP contribution < -0.4 is 14.8 Å². The minimum Gasteiger partial charge on any atom is -0.486 e. The Hall–Kier alpha value is -4.20. The number of amides is 1. The van der Waals surface area contributed by atoms with Crippen molar-refractivity contribution in [3.8, 4) is 11.5 Å². The van der Waals surface area contributed by atoms with E-state index in [-0.39, 0.29) is 23.5 Å². The second-order valence-corrected chi connectivity index (χ2v) is 8.60. The summed E-state index contributed by atoms with van der Waals surface area (Å²) < 4.78 is 51.9. The van der Waals surface area contributed by atoms with Crippen LogP contribution in [0.25, 0.3) is 0 Å². The first kappa shape index (κ1) is 24.9. The van der Waals surface area contributed by atoms with Crippen LogP contribution in [0.2, 0.25) is 0 Å². The van der Waals surface area contributed by atoms with Gasteiger partial charge in [-0.25, -0.2) is 0 Å². The molecule has 1 heterocycles. The second-order valence-electron chi connectivity index (χ2n) is 8.60. The average Bonchev–Trinajstić information content (AvgIpc) is 3.33. The van der Waals surface area contributed by atoms with Gasteiger partial charge in [0.05, 0.1) is 0 Å². The molecule has 186 valence electrons. The van der Waals surface area contributed by atoms with Crippen LogP contribution in [-0.4, -0.2) is 12.3 Å². The number of alkyl halides is 3. The molecule has 0 spiro atoms. The molecule has 0 aliphatic rings. The summed E-state index contributed by atoms with van der Waals surface area (Å²) in [4.78, 5) is 12.4. The van der Waals surface area contributed by atoms with Crippen molar-refractivity contribution in [1.82, 2.24) is 0 Å². The quantitative estimate of drug-likeness (QED) is 0.278. The fraction of sp³-hybridized carbons (Fsp3) is 0.179. The molecule has 4 rings (SSSR count). The maximum atomic E-state index is 12.4. The third kappa shape index (κ3) is 6.27. The van der Waals surface area contributed by atoms with E-state index in [9.17, 15) is 18.0 Å². The van der Waals surface area contributed by atoms with Crippen molar-refractivity contribution >= 4 is 11.6 Å². The Morgan fingerprint density at radius 2 is 1.42 bits per heavy atom. The molecule has 0 unspecified atom stereocenters. The highest BCUT2D eigenvalue weighted by Crippen LogP contribution is 2.32. The van der Waals surface area contributed by atoms with Gasteiger partial charge in [-0.3, -0.25) is 4.79 Å². The molecule has 0 atom stereocenters. The number of anilines is 1. The van der Waals surface area contributed by atoms with Gasteiger partial charge in [0.2, 0.25) is 0 Å². The lowest BCUT2D eigenvalue weighted by atomic mass is 9.78. The summed E-state index contributed by atoms with van der Waals surface area (Å²) in [6, 6.07) is 26.0. The number of furan rings is 1. The molecule has 3 aromatic carbocycles. The largest absolute Gasteiger partial charge is 0.573 e. The van der Waals surface area contributed by atoms with Crippen LogP contribution in [0.5, 0.6) is 11.5 Å². The van der Waals surface area contributed by atoms with Gasteiger partial charge in [-0.05, 0) is 59.7 Å². The minimum atomic E-state index is -4.78. The van der Waals surface area contributed by atoms with Crippen LogP contribution in [0.3, 0.4) is 0 Å². The summed E-state index contributed by atoms with van der Waals surface area (Å²) in [5.74, 6) is 0.228. The van der Waals surface area contributed by atoms with E-state index in [1.54, 1.807) is 6.07 Å². The summed E-state index contributed by atoms with van der Waals surface area (Å²) in [5, 5.41) is 2.56. The normalized spacial score (nSPS) is 11.7. The van der Waals surface area contributed by atoms with E-state index in [1.807, 2.05) is 42.5 Å². The third-order valence-corrected chi connectivity index (χ3v) is 5.68. The van der Waals surface area contributed by atoms with Crippen LogP contribution in [0.4, 0.5) is 18.9 Å². The smallest absolute Gasteiger partial charge is 0.486 e. The van der Waals surface area contributed by atoms with Crippen molar-refractivity contribution in [3.63, 3.8) is 0 Å². The van der Waals surface area contributed by atoms with E-state index < -0.39 is 12.3 Å². The Balaban J connectivity index is 1.32. The first-order valence-corrected chi connectivity index (χ1v) is 11.1. The Kier molecular flexibility index (Phi) is 7.05. The maximum absolute atomic E-state index is 12.4. The lowest BCUT2D eigenvalue weighted by Crippen LogP contribution is -2.18. The molecule has 1 amide bonds. The Bertz CT molecular complexity index is 1300. The Labute approximate surface area is 206 Å². The fourth-order valence-electron chi connectivity index (χ4n) is 3.65. The van der Waals surface area contributed by atoms with Gasteiger partial charge in [0, 0.05) is 11.1 Å². The predicted molar refractivity (Wildman–Crippen MR) is 129 cm³/mol. The molecule has 1 N–H and O–H groups in total. The summed E-state index contributed by atoms with van der Waals surface area (Å²) in [5.41, 5.74) is 2.50. The molecule has 0 aliphatic carbocycles. The van der Waals surface area contributed by atoms with E-state index in [4.69, 9.17) is 9.15 Å². The number of hydrogen-bond donors (Lipinski definition) is 1. The monoisotopic (exact) mass is 495 g/mol. The summed E-state index contributed by atoms with van der Waals surface area (Å²) >= 11 is 0.